The van der Waals surface area contributed by atoms with E-state index in [0.717, 1.165) is 38.4 Å². The highest BCUT2D eigenvalue weighted by Crippen LogP contribution is 2.18. The number of anilines is 1. The zero-order valence-electron chi connectivity index (χ0n) is 14.0. The number of piperazine rings is 1. The Bertz CT molecular complexity index is 667. The first-order valence-corrected chi connectivity index (χ1v) is 8.39. The molecule has 0 unspecified atom stereocenters. The van der Waals surface area contributed by atoms with Crippen LogP contribution in [0, 0.1) is 0 Å². The van der Waals surface area contributed by atoms with Crippen molar-refractivity contribution in [2.24, 2.45) is 0 Å². The molecule has 1 aliphatic heterocycles. The minimum absolute atomic E-state index is 0.311. The van der Waals surface area contributed by atoms with Gasteiger partial charge in [-0.1, -0.05) is 30.3 Å². The summed E-state index contributed by atoms with van der Waals surface area (Å²) < 4.78 is 5.05. The van der Waals surface area contributed by atoms with Crippen LogP contribution in [-0.2, 0) is 11.3 Å². The Morgan fingerprint density at radius 2 is 1.88 bits per heavy atom. The number of nitrogens with zero attached hydrogens (tertiary/aromatic N) is 3. The van der Waals surface area contributed by atoms with Crippen molar-refractivity contribution in [1.29, 1.82) is 0 Å². The largest absolute Gasteiger partial charge is 0.462 e. The van der Waals surface area contributed by atoms with Gasteiger partial charge in [-0.15, -0.1) is 0 Å². The van der Waals surface area contributed by atoms with Gasteiger partial charge in [0.25, 0.3) is 0 Å². The first kappa shape index (κ1) is 16.5. The highest BCUT2D eigenvalue weighted by Gasteiger charge is 2.18. The number of ether oxygens (including phenoxy) is 1. The molecule has 1 aromatic heterocycles. The van der Waals surface area contributed by atoms with Gasteiger partial charge in [0.1, 0.15) is 0 Å². The summed E-state index contributed by atoms with van der Waals surface area (Å²) in [5.41, 5.74) is 2.85. The quantitative estimate of drug-likeness (QED) is 0.791. The number of rotatable bonds is 5. The minimum Gasteiger partial charge on any atom is -0.462 e. The van der Waals surface area contributed by atoms with Crippen LogP contribution in [0.3, 0.4) is 0 Å². The van der Waals surface area contributed by atoms with Crippen molar-refractivity contribution in [2.45, 2.75) is 13.5 Å². The van der Waals surface area contributed by atoms with E-state index < -0.39 is 0 Å². The lowest BCUT2D eigenvalue weighted by Crippen LogP contribution is -2.46. The number of esters is 1. The number of hydrogen-bond acceptors (Lipinski definition) is 5. The van der Waals surface area contributed by atoms with Gasteiger partial charge < -0.3 is 9.64 Å². The van der Waals surface area contributed by atoms with Gasteiger partial charge in [0.2, 0.25) is 0 Å². The highest BCUT2D eigenvalue weighted by atomic mass is 16.5. The third kappa shape index (κ3) is 4.11. The molecule has 1 aromatic carbocycles. The molecule has 0 bridgehead atoms. The van der Waals surface area contributed by atoms with Crippen LogP contribution in [0.5, 0.6) is 0 Å². The summed E-state index contributed by atoms with van der Waals surface area (Å²) in [6.45, 7) is 7.02. The van der Waals surface area contributed by atoms with E-state index in [2.05, 4.69) is 39.0 Å². The molecule has 0 spiro atoms. The first-order chi connectivity index (χ1) is 11.8. The average molecular weight is 325 g/mol. The summed E-state index contributed by atoms with van der Waals surface area (Å²) in [6, 6.07) is 12.4. The fourth-order valence-corrected chi connectivity index (χ4v) is 2.93. The van der Waals surface area contributed by atoms with E-state index >= 15 is 0 Å². The van der Waals surface area contributed by atoms with E-state index in [1.165, 1.54) is 5.56 Å². The Morgan fingerprint density at radius 1 is 1.12 bits per heavy atom. The molecule has 1 fully saturated rings. The molecule has 24 heavy (non-hydrogen) atoms. The molecular formula is C19H23N3O2. The molecule has 0 N–H and O–H groups in total. The van der Waals surface area contributed by atoms with Crippen LogP contribution >= 0.6 is 0 Å². The molecule has 0 saturated carbocycles. The van der Waals surface area contributed by atoms with Crippen molar-refractivity contribution in [3.8, 4) is 0 Å². The zero-order chi connectivity index (χ0) is 16.8. The number of carbonyl (C=O) groups excluding carboxylic acids is 1. The molecule has 1 saturated heterocycles. The van der Waals surface area contributed by atoms with Gasteiger partial charge in [-0.2, -0.15) is 0 Å². The van der Waals surface area contributed by atoms with Crippen molar-refractivity contribution in [3.63, 3.8) is 0 Å². The fraction of sp³-hybridized carbons (Fsp3) is 0.368. The SMILES string of the molecule is CCOC(=O)c1cncc(N2CCN(Cc3ccccc3)CC2)c1. The normalized spacial score (nSPS) is 15.3. The van der Waals surface area contributed by atoms with E-state index in [4.69, 9.17) is 4.74 Å². The third-order valence-electron chi connectivity index (χ3n) is 4.22. The lowest BCUT2D eigenvalue weighted by Gasteiger charge is -2.36. The van der Waals surface area contributed by atoms with Crippen LogP contribution in [0.15, 0.2) is 48.8 Å². The van der Waals surface area contributed by atoms with Crippen molar-refractivity contribution in [3.05, 3.63) is 59.9 Å². The predicted molar refractivity (Wildman–Crippen MR) is 94.1 cm³/mol. The molecule has 2 heterocycles. The van der Waals surface area contributed by atoms with Crippen molar-refractivity contribution in [2.75, 3.05) is 37.7 Å². The fourth-order valence-electron chi connectivity index (χ4n) is 2.93. The van der Waals surface area contributed by atoms with Gasteiger partial charge in [-0.3, -0.25) is 9.88 Å². The number of hydrogen-bond donors (Lipinski definition) is 0. The standard InChI is InChI=1S/C19H23N3O2/c1-2-24-19(23)17-12-18(14-20-13-17)22-10-8-21(9-11-22)15-16-6-4-3-5-7-16/h3-7,12-14H,2,8-11,15H2,1H3. The van der Waals surface area contributed by atoms with Gasteiger partial charge in [0.05, 0.1) is 24.1 Å². The molecule has 0 amide bonds. The summed E-state index contributed by atoms with van der Waals surface area (Å²) in [5.74, 6) is -0.311. The van der Waals surface area contributed by atoms with Crippen molar-refractivity contribution >= 4 is 11.7 Å². The monoisotopic (exact) mass is 325 g/mol. The van der Waals surface area contributed by atoms with Crippen LogP contribution in [0.2, 0.25) is 0 Å². The van der Waals surface area contributed by atoms with Crippen molar-refractivity contribution in [1.82, 2.24) is 9.88 Å². The second kappa shape index (κ2) is 7.93. The lowest BCUT2D eigenvalue weighted by atomic mass is 10.2. The number of pyridine rings is 1. The number of benzene rings is 1. The van der Waals surface area contributed by atoms with Crippen LogP contribution < -0.4 is 4.90 Å². The van der Waals surface area contributed by atoms with E-state index in [1.54, 1.807) is 13.1 Å². The van der Waals surface area contributed by atoms with E-state index in [0.29, 0.717) is 12.2 Å². The predicted octanol–water partition coefficient (Wildman–Crippen LogP) is 2.58. The van der Waals surface area contributed by atoms with Gasteiger partial charge in [-0.25, -0.2) is 4.79 Å². The zero-order valence-corrected chi connectivity index (χ0v) is 14.0. The van der Waals surface area contributed by atoms with Gasteiger partial charge in [-0.05, 0) is 18.6 Å². The Balaban J connectivity index is 1.58. The van der Waals surface area contributed by atoms with Gasteiger partial charge in [0.15, 0.2) is 0 Å². The Labute approximate surface area is 142 Å². The van der Waals surface area contributed by atoms with Crippen LogP contribution in [0.4, 0.5) is 5.69 Å². The molecular weight excluding hydrogens is 302 g/mol. The molecule has 0 atom stereocenters. The second-order valence-corrected chi connectivity index (χ2v) is 5.90. The maximum Gasteiger partial charge on any atom is 0.339 e. The summed E-state index contributed by atoms with van der Waals surface area (Å²) >= 11 is 0. The molecule has 1 aliphatic rings. The Hall–Kier alpha value is -2.40. The molecule has 5 nitrogen and oxygen atoms in total. The molecule has 0 aliphatic carbocycles. The van der Waals surface area contributed by atoms with Gasteiger partial charge in [0, 0.05) is 38.9 Å². The van der Waals surface area contributed by atoms with E-state index in [-0.39, 0.29) is 5.97 Å². The second-order valence-electron chi connectivity index (χ2n) is 5.90. The van der Waals surface area contributed by atoms with Crippen molar-refractivity contribution < 1.29 is 9.53 Å². The number of aromatic nitrogens is 1. The number of carbonyl (C=O) groups is 1. The summed E-state index contributed by atoms with van der Waals surface area (Å²) in [6.07, 6.45) is 3.38. The Kier molecular flexibility index (Phi) is 5.43. The molecule has 5 heteroatoms. The van der Waals surface area contributed by atoms with Gasteiger partial charge >= 0.3 is 5.97 Å². The molecule has 0 radical (unpaired) electrons. The lowest BCUT2D eigenvalue weighted by molar-refractivity contribution is 0.0526. The highest BCUT2D eigenvalue weighted by molar-refractivity contribution is 5.90. The summed E-state index contributed by atoms with van der Waals surface area (Å²) in [7, 11) is 0. The summed E-state index contributed by atoms with van der Waals surface area (Å²) in [4.78, 5) is 20.8. The van der Waals surface area contributed by atoms with Crippen LogP contribution in [0.1, 0.15) is 22.8 Å². The van der Waals surface area contributed by atoms with Crippen LogP contribution in [0.25, 0.3) is 0 Å². The smallest absolute Gasteiger partial charge is 0.339 e. The maximum absolute atomic E-state index is 11.8. The average Bonchev–Trinajstić information content (AvgIpc) is 2.63. The van der Waals surface area contributed by atoms with E-state index in [1.807, 2.05) is 18.3 Å². The molecule has 126 valence electrons. The molecule has 3 rings (SSSR count). The first-order valence-electron chi connectivity index (χ1n) is 8.39. The molecule has 2 aromatic rings. The van der Waals surface area contributed by atoms with E-state index in [9.17, 15) is 4.79 Å². The third-order valence-corrected chi connectivity index (χ3v) is 4.22. The minimum atomic E-state index is -0.311. The van der Waals surface area contributed by atoms with Crippen LogP contribution in [-0.4, -0.2) is 48.6 Å². The maximum atomic E-state index is 11.8. The topological polar surface area (TPSA) is 45.7 Å². The Morgan fingerprint density at radius 3 is 2.58 bits per heavy atom. The summed E-state index contributed by atoms with van der Waals surface area (Å²) in [5, 5.41) is 0.